The highest BCUT2D eigenvalue weighted by Gasteiger charge is 2.09. The van der Waals surface area contributed by atoms with Crippen molar-refractivity contribution in [3.63, 3.8) is 0 Å². The predicted octanol–water partition coefficient (Wildman–Crippen LogP) is 2.23. The van der Waals surface area contributed by atoms with Gasteiger partial charge < -0.3 is 5.32 Å². The second-order valence-electron chi connectivity index (χ2n) is 4.30. The van der Waals surface area contributed by atoms with Crippen LogP contribution in [0, 0.1) is 0 Å². The Morgan fingerprint density at radius 1 is 1.16 bits per heavy atom. The number of nitrogens with one attached hydrogen (secondary N) is 1. The van der Waals surface area contributed by atoms with Gasteiger partial charge in [-0.1, -0.05) is 6.42 Å². The summed E-state index contributed by atoms with van der Waals surface area (Å²) in [5.41, 5.74) is 0.463. The molecule has 0 bridgehead atoms. The molecular formula is C13H18ClNO3S. The summed E-state index contributed by atoms with van der Waals surface area (Å²) in [6, 6.07) is 5.92. The molecule has 1 aromatic carbocycles. The van der Waals surface area contributed by atoms with Crippen LogP contribution in [-0.2, 0) is 9.84 Å². The van der Waals surface area contributed by atoms with Crippen LogP contribution in [0.15, 0.2) is 29.2 Å². The van der Waals surface area contributed by atoms with Crippen LogP contribution in [-0.4, -0.2) is 33.0 Å². The molecular weight excluding hydrogens is 286 g/mol. The number of sulfone groups is 1. The normalized spacial score (nSPS) is 11.3. The summed E-state index contributed by atoms with van der Waals surface area (Å²) in [5, 5.41) is 2.78. The third-order valence-corrected chi connectivity index (χ3v) is 4.04. The van der Waals surface area contributed by atoms with Gasteiger partial charge >= 0.3 is 0 Å². The van der Waals surface area contributed by atoms with Crippen LogP contribution in [0.4, 0.5) is 0 Å². The summed E-state index contributed by atoms with van der Waals surface area (Å²) >= 11 is 5.55. The fourth-order valence-corrected chi connectivity index (χ4v) is 2.37. The first-order valence-corrected chi connectivity index (χ1v) is 8.52. The van der Waals surface area contributed by atoms with Crippen molar-refractivity contribution < 1.29 is 13.2 Å². The van der Waals surface area contributed by atoms with Gasteiger partial charge in [0.1, 0.15) is 0 Å². The Morgan fingerprint density at radius 3 is 2.32 bits per heavy atom. The van der Waals surface area contributed by atoms with E-state index in [0.717, 1.165) is 25.5 Å². The van der Waals surface area contributed by atoms with Gasteiger partial charge in [0, 0.05) is 24.2 Å². The molecule has 1 N–H and O–H groups in total. The smallest absolute Gasteiger partial charge is 0.251 e. The first-order chi connectivity index (χ1) is 8.95. The zero-order valence-corrected chi connectivity index (χ0v) is 12.4. The minimum Gasteiger partial charge on any atom is -0.352 e. The van der Waals surface area contributed by atoms with Crippen LogP contribution in [0.5, 0.6) is 0 Å². The van der Waals surface area contributed by atoms with E-state index >= 15 is 0 Å². The molecule has 6 heteroatoms. The van der Waals surface area contributed by atoms with Gasteiger partial charge in [0.2, 0.25) is 0 Å². The number of carbonyl (C=O) groups is 1. The lowest BCUT2D eigenvalue weighted by atomic mass is 10.2. The van der Waals surface area contributed by atoms with Crippen LogP contribution in [0.1, 0.15) is 29.6 Å². The fraction of sp³-hybridized carbons (Fsp3) is 0.462. The number of halogens is 1. The molecule has 0 radical (unpaired) electrons. The lowest BCUT2D eigenvalue weighted by Gasteiger charge is -2.05. The molecule has 0 atom stereocenters. The molecule has 1 rings (SSSR count). The maximum absolute atomic E-state index is 11.8. The van der Waals surface area contributed by atoms with E-state index in [4.69, 9.17) is 11.6 Å². The summed E-state index contributed by atoms with van der Waals surface area (Å²) in [5.74, 6) is 0.451. The van der Waals surface area contributed by atoms with E-state index in [9.17, 15) is 13.2 Å². The topological polar surface area (TPSA) is 63.2 Å². The van der Waals surface area contributed by atoms with Crippen molar-refractivity contribution >= 4 is 27.3 Å². The standard InChI is InChI=1S/C13H18ClNO3S/c1-19(17,18)12-7-5-11(6-8-12)13(16)15-10-4-2-3-9-14/h5-8H,2-4,9-10H2,1H3,(H,15,16). The minimum atomic E-state index is -3.22. The molecule has 4 nitrogen and oxygen atoms in total. The lowest BCUT2D eigenvalue weighted by molar-refractivity contribution is 0.0953. The number of alkyl halides is 1. The van der Waals surface area contributed by atoms with Crippen molar-refractivity contribution in [1.82, 2.24) is 5.32 Å². The average molecular weight is 304 g/mol. The fourth-order valence-electron chi connectivity index (χ4n) is 1.55. The molecule has 19 heavy (non-hydrogen) atoms. The molecule has 1 aromatic rings. The summed E-state index contributed by atoms with van der Waals surface area (Å²) in [6.45, 7) is 0.601. The maximum Gasteiger partial charge on any atom is 0.251 e. The van der Waals surface area contributed by atoms with Crippen LogP contribution in [0.3, 0.4) is 0 Å². The third-order valence-electron chi connectivity index (χ3n) is 2.64. The summed E-state index contributed by atoms with van der Waals surface area (Å²) in [7, 11) is -3.22. The van der Waals surface area contributed by atoms with Gasteiger partial charge in [-0.05, 0) is 37.1 Å². The van der Waals surface area contributed by atoms with Gasteiger partial charge in [0.15, 0.2) is 9.84 Å². The molecule has 0 saturated carbocycles. The average Bonchev–Trinajstić information content (AvgIpc) is 2.37. The molecule has 0 aliphatic rings. The number of hydrogen-bond acceptors (Lipinski definition) is 3. The van der Waals surface area contributed by atoms with Crippen molar-refractivity contribution in [2.75, 3.05) is 18.7 Å². The van der Waals surface area contributed by atoms with Crippen molar-refractivity contribution in [3.05, 3.63) is 29.8 Å². The van der Waals surface area contributed by atoms with E-state index in [-0.39, 0.29) is 10.8 Å². The van der Waals surface area contributed by atoms with E-state index in [1.165, 1.54) is 24.3 Å². The second-order valence-corrected chi connectivity index (χ2v) is 6.70. The summed E-state index contributed by atoms with van der Waals surface area (Å²) in [4.78, 5) is 12.0. The monoisotopic (exact) mass is 303 g/mol. The van der Waals surface area contributed by atoms with E-state index < -0.39 is 9.84 Å². The molecule has 0 fully saturated rings. The molecule has 0 saturated heterocycles. The van der Waals surface area contributed by atoms with E-state index in [1.54, 1.807) is 0 Å². The van der Waals surface area contributed by atoms with Gasteiger partial charge in [-0.2, -0.15) is 0 Å². The molecule has 0 aromatic heterocycles. The van der Waals surface area contributed by atoms with Crippen LogP contribution < -0.4 is 5.32 Å². The summed E-state index contributed by atoms with van der Waals surface area (Å²) in [6.07, 6.45) is 3.95. The maximum atomic E-state index is 11.8. The van der Waals surface area contributed by atoms with E-state index in [1.807, 2.05) is 0 Å². The zero-order chi connectivity index (χ0) is 14.3. The Labute approximate surface area is 119 Å². The number of benzene rings is 1. The minimum absolute atomic E-state index is 0.189. The second kappa shape index (κ2) is 7.50. The van der Waals surface area contributed by atoms with Crippen molar-refractivity contribution in [2.24, 2.45) is 0 Å². The van der Waals surface area contributed by atoms with Gasteiger partial charge in [0.05, 0.1) is 4.90 Å². The number of rotatable bonds is 7. The highest BCUT2D eigenvalue weighted by molar-refractivity contribution is 7.90. The van der Waals surface area contributed by atoms with E-state index in [2.05, 4.69) is 5.32 Å². The van der Waals surface area contributed by atoms with Crippen molar-refractivity contribution in [3.8, 4) is 0 Å². The molecule has 0 unspecified atom stereocenters. The number of carbonyl (C=O) groups excluding carboxylic acids is 1. The van der Waals surface area contributed by atoms with Crippen LogP contribution in [0.2, 0.25) is 0 Å². The van der Waals surface area contributed by atoms with E-state index in [0.29, 0.717) is 18.0 Å². The molecule has 0 spiro atoms. The largest absolute Gasteiger partial charge is 0.352 e. The lowest BCUT2D eigenvalue weighted by Crippen LogP contribution is -2.24. The first kappa shape index (κ1) is 16.0. The molecule has 0 aliphatic carbocycles. The Balaban J connectivity index is 2.50. The summed E-state index contributed by atoms with van der Waals surface area (Å²) < 4.78 is 22.6. The Kier molecular flexibility index (Phi) is 6.31. The Bertz CT molecular complexity index is 511. The highest BCUT2D eigenvalue weighted by Crippen LogP contribution is 2.10. The van der Waals surface area contributed by atoms with Crippen LogP contribution >= 0.6 is 11.6 Å². The highest BCUT2D eigenvalue weighted by atomic mass is 35.5. The molecule has 1 amide bonds. The molecule has 106 valence electrons. The molecule has 0 aliphatic heterocycles. The van der Waals surface area contributed by atoms with Crippen LogP contribution in [0.25, 0.3) is 0 Å². The SMILES string of the molecule is CS(=O)(=O)c1ccc(C(=O)NCCCCCCl)cc1. The molecule has 0 heterocycles. The van der Waals surface area contributed by atoms with Gasteiger partial charge in [-0.15, -0.1) is 11.6 Å². The first-order valence-electron chi connectivity index (χ1n) is 6.09. The quantitative estimate of drug-likeness (QED) is 0.620. The number of amides is 1. The van der Waals surface area contributed by atoms with Crippen molar-refractivity contribution in [1.29, 1.82) is 0 Å². The zero-order valence-electron chi connectivity index (χ0n) is 10.9. The predicted molar refractivity (Wildman–Crippen MR) is 76.5 cm³/mol. The third kappa shape index (κ3) is 5.61. The van der Waals surface area contributed by atoms with Gasteiger partial charge in [-0.3, -0.25) is 4.79 Å². The van der Waals surface area contributed by atoms with Crippen molar-refractivity contribution in [2.45, 2.75) is 24.2 Å². The number of unbranched alkanes of at least 4 members (excludes halogenated alkanes) is 2. The van der Waals surface area contributed by atoms with Gasteiger partial charge in [0.25, 0.3) is 5.91 Å². The number of hydrogen-bond donors (Lipinski definition) is 1. The Hall–Kier alpha value is -1.07. The Morgan fingerprint density at radius 2 is 1.79 bits per heavy atom. The van der Waals surface area contributed by atoms with Gasteiger partial charge in [-0.25, -0.2) is 8.42 Å².